The Balaban J connectivity index is 1.55. The normalized spacial score (nSPS) is 13.8. The Morgan fingerprint density at radius 3 is 2.08 bits per heavy atom. The highest BCUT2D eigenvalue weighted by molar-refractivity contribution is 5.97. The monoisotopic (exact) mass is 352 g/mol. The van der Waals surface area contributed by atoms with Crippen LogP contribution in [0.25, 0.3) is 0 Å². The van der Waals surface area contributed by atoms with Crippen molar-refractivity contribution in [3.05, 3.63) is 65.2 Å². The van der Waals surface area contributed by atoms with Crippen LogP contribution in [0.2, 0.25) is 0 Å². The Labute approximate surface area is 151 Å². The SMILES string of the molecule is O=C(NO)c1ccc(C(=O)N/N=C/c2ccc(N3CCCC3)cc2)cc1. The van der Waals surface area contributed by atoms with Gasteiger partial charge in [-0.15, -0.1) is 0 Å². The first-order valence-electron chi connectivity index (χ1n) is 8.40. The number of hydrazone groups is 1. The van der Waals surface area contributed by atoms with Crippen molar-refractivity contribution < 1.29 is 14.8 Å². The third-order valence-electron chi connectivity index (χ3n) is 4.25. The molecule has 3 rings (SSSR count). The van der Waals surface area contributed by atoms with E-state index in [1.807, 2.05) is 12.1 Å². The number of hydrogen-bond acceptors (Lipinski definition) is 5. The zero-order chi connectivity index (χ0) is 18.4. The number of anilines is 1. The number of nitrogens with zero attached hydrogens (tertiary/aromatic N) is 2. The fourth-order valence-corrected chi connectivity index (χ4v) is 2.81. The number of nitrogens with one attached hydrogen (secondary N) is 2. The van der Waals surface area contributed by atoms with Gasteiger partial charge in [0.2, 0.25) is 0 Å². The summed E-state index contributed by atoms with van der Waals surface area (Å²) >= 11 is 0. The second kappa shape index (κ2) is 8.26. The lowest BCUT2D eigenvalue weighted by molar-refractivity contribution is 0.0706. The fraction of sp³-hybridized carbons (Fsp3) is 0.211. The quantitative estimate of drug-likeness (QED) is 0.437. The molecule has 2 aromatic carbocycles. The van der Waals surface area contributed by atoms with Crippen molar-refractivity contribution in [2.24, 2.45) is 5.10 Å². The molecule has 134 valence electrons. The van der Waals surface area contributed by atoms with Gasteiger partial charge in [-0.1, -0.05) is 12.1 Å². The van der Waals surface area contributed by atoms with Crippen LogP contribution in [0.1, 0.15) is 39.1 Å². The summed E-state index contributed by atoms with van der Waals surface area (Å²) < 4.78 is 0. The van der Waals surface area contributed by atoms with Gasteiger partial charge in [0.25, 0.3) is 11.8 Å². The van der Waals surface area contributed by atoms with Crippen molar-refractivity contribution in [2.75, 3.05) is 18.0 Å². The van der Waals surface area contributed by atoms with Gasteiger partial charge in [0, 0.05) is 29.9 Å². The predicted molar refractivity (Wildman–Crippen MR) is 98.6 cm³/mol. The van der Waals surface area contributed by atoms with Crippen molar-refractivity contribution in [1.29, 1.82) is 0 Å². The van der Waals surface area contributed by atoms with E-state index < -0.39 is 5.91 Å². The van der Waals surface area contributed by atoms with Crippen LogP contribution in [-0.2, 0) is 0 Å². The molecule has 1 fully saturated rings. The van der Waals surface area contributed by atoms with Gasteiger partial charge in [0.15, 0.2) is 0 Å². The summed E-state index contributed by atoms with van der Waals surface area (Å²) in [6.07, 6.45) is 4.06. The number of amides is 2. The Morgan fingerprint density at radius 1 is 0.923 bits per heavy atom. The lowest BCUT2D eigenvalue weighted by Gasteiger charge is -2.17. The molecule has 1 heterocycles. The summed E-state index contributed by atoms with van der Waals surface area (Å²) in [6, 6.07) is 13.9. The summed E-state index contributed by atoms with van der Waals surface area (Å²) in [5.74, 6) is -1.02. The zero-order valence-electron chi connectivity index (χ0n) is 14.2. The summed E-state index contributed by atoms with van der Waals surface area (Å²) in [4.78, 5) is 25.6. The summed E-state index contributed by atoms with van der Waals surface area (Å²) in [6.45, 7) is 2.20. The van der Waals surface area contributed by atoms with E-state index in [1.54, 1.807) is 6.21 Å². The fourth-order valence-electron chi connectivity index (χ4n) is 2.81. The molecule has 7 heteroatoms. The molecule has 2 aromatic rings. The minimum absolute atomic E-state index is 0.255. The number of hydroxylamine groups is 1. The second-order valence-electron chi connectivity index (χ2n) is 6.00. The minimum atomic E-state index is -0.632. The molecule has 1 saturated heterocycles. The first kappa shape index (κ1) is 17.6. The number of rotatable bonds is 5. The first-order chi connectivity index (χ1) is 12.7. The van der Waals surface area contributed by atoms with Crippen molar-refractivity contribution >= 4 is 23.7 Å². The standard InChI is InChI=1S/C19H20N4O3/c24-18(15-5-7-16(8-6-15)19(25)22-26)21-20-13-14-3-9-17(10-4-14)23-11-1-2-12-23/h3-10,13,26H,1-2,11-12H2,(H,21,24)(H,22,25)/b20-13+. The highest BCUT2D eigenvalue weighted by Crippen LogP contribution is 2.19. The van der Waals surface area contributed by atoms with Crippen molar-refractivity contribution in [1.82, 2.24) is 10.9 Å². The molecule has 26 heavy (non-hydrogen) atoms. The van der Waals surface area contributed by atoms with Crippen molar-refractivity contribution in [3.8, 4) is 0 Å². The van der Waals surface area contributed by atoms with Gasteiger partial charge in [-0.3, -0.25) is 14.8 Å². The van der Waals surface area contributed by atoms with E-state index in [9.17, 15) is 9.59 Å². The van der Waals surface area contributed by atoms with Gasteiger partial charge in [-0.2, -0.15) is 5.10 Å². The molecule has 1 aliphatic heterocycles. The lowest BCUT2D eigenvalue weighted by Crippen LogP contribution is -2.20. The molecule has 2 amide bonds. The molecule has 0 spiro atoms. The van der Waals surface area contributed by atoms with Crippen LogP contribution in [0.5, 0.6) is 0 Å². The van der Waals surface area contributed by atoms with Gasteiger partial charge in [-0.05, 0) is 54.8 Å². The Kier molecular flexibility index (Phi) is 5.60. The molecule has 1 aliphatic rings. The maximum atomic E-state index is 12.0. The Hall–Kier alpha value is -3.19. The van der Waals surface area contributed by atoms with E-state index >= 15 is 0 Å². The third kappa shape index (κ3) is 4.25. The van der Waals surface area contributed by atoms with E-state index in [0.717, 1.165) is 18.7 Å². The van der Waals surface area contributed by atoms with E-state index in [-0.39, 0.29) is 11.5 Å². The van der Waals surface area contributed by atoms with E-state index in [1.165, 1.54) is 48.3 Å². The minimum Gasteiger partial charge on any atom is -0.372 e. The van der Waals surface area contributed by atoms with E-state index in [2.05, 4.69) is 27.6 Å². The molecular formula is C19H20N4O3. The highest BCUT2D eigenvalue weighted by atomic mass is 16.5. The van der Waals surface area contributed by atoms with Crippen LogP contribution in [-0.4, -0.2) is 36.3 Å². The summed E-state index contributed by atoms with van der Waals surface area (Å²) in [7, 11) is 0. The van der Waals surface area contributed by atoms with E-state index in [4.69, 9.17) is 5.21 Å². The number of carbonyl (C=O) groups excluding carboxylic acids is 2. The number of benzene rings is 2. The van der Waals surface area contributed by atoms with Gasteiger partial charge in [0.1, 0.15) is 0 Å². The first-order valence-corrected chi connectivity index (χ1v) is 8.40. The van der Waals surface area contributed by atoms with Crippen LogP contribution >= 0.6 is 0 Å². The molecule has 0 bridgehead atoms. The Morgan fingerprint density at radius 2 is 1.50 bits per heavy atom. The molecular weight excluding hydrogens is 332 g/mol. The van der Waals surface area contributed by atoms with Crippen LogP contribution in [0.3, 0.4) is 0 Å². The smallest absolute Gasteiger partial charge is 0.274 e. The van der Waals surface area contributed by atoms with Gasteiger partial charge in [0.05, 0.1) is 6.21 Å². The average molecular weight is 352 g/mol. The maximum absolute atomic E-state index is 12.0. The summed E-state index contributed by atoms with van der Waals surface area (Å²) in [5.41, 5.74) is 6.70. The molecule has 7 nitrogen and oxygen atoms in total. The molecule has 0 unspecified atom stereocenters. The summed E-state index contributed by atoms with van der Waals surface area (Å²) in [5, 5.41) is 12.5. The van der Waals surface area contributed by atoms with Gasteiger partial charge >= 0.3 is 0 Å². The van der Waals surface area contributed by atoms with Crippen molar-refractivity contribution in [2.45, 2.75) is 12.8 Å². The Bertz CT molecular complexity index is 795. The van der Waals surface area contributed by atoms with Crippen LogP contribution < -0.4 is 15.8 Å². The zero-order valence-corrected chi connectivity index (χ0v) is 14.2. The lowest BCUT2D eigenvalue weighted by atomic mass is 10.1. The molecule has 3 N–H and O–H groups in total. The topological polar surface area (TPSA) is 94.0 Å². The molecule has 0 atom stereocenters. The molecule has 0 saturated carbocycles. The van der Waals surface area contributed by atoms with Crippen LogP contribution in [0, 0.1) is 0 Å². The van der Waals surface area contributed by atoms with Gasteiger partial charge < -0.3 is 4.90 Å². The predicted octanol–water partition coefficient (Wildman–Crippen LogP) is 2.17. The highest BCUT2D eigenvalue weighted by Gasteiger charge is 2.11. The van der Waals surface area contributed by atoms with Gasteiger partial charge in [-0.25, -0.2) is 10.9 Å². The average Bonchev–Trinajstić information content (AvgIpc) is 3.23. The van der Waals surface area contributed by atoms with Crippen LogP contribution in [0.4, 0.5) is 5.69 Å². The largest absolute Gasteiger partial charge is 0.372 e. The maximum Gasteiger partial charge on any atom is 0.274 e. The number of carbonyl (C=O) groups is 2. The van der Waals surface area contributed by atoms with Crippen LogP contribution in [0.15, 0.2) is 53.6 Å². The molecule has 0 aliphatic carbocycles. The number of hydrogen-bond donors (Lipinski definition) is 3. The third-order valence-corrected chi connectivity index (χ3v) is 4.25. The second-order valence-corrected chi connectivity index (χ2v) is 6.00. The molecule has 0 radical (unpaired) electrons. The van der Waals surface area contributed by atoms with Crippen molar-refractivity contribution in [3.63, 3.8) is 0 Å². The molecule has 0 aromatic heterocycles. The van der Waals surface area contributed by atoms with E-state index in [0.29, 0.717) is 5.56 Å².